The number of piperazine rings is 1. The molecule has 0 saturated carbocycles. The highest BCUT2D eigenvalue weighted by molar-refractivity contribution is 7.89. The van der Waals surface area contributed by atoms with Crippen molar-refractivity contribution in [3.8, 4) is 5.75 Å². The van der Waals surface area contributed by atoms with Crippen molar-refractivity contribution < 1.29 is 22.7 Å². The lowest BCUT2D eigenvalue weighted by atomic mass is 10.3. The smallest absolute Gasteiger partial charge is 0.324 e. The molecule has 3 amide bonds. The van der Waals surface area contributed by atoms with Gasteiger partial charge in [0.2, 0.25) is 15.9 Å². The second-order valence-corrected chi connectivity index (χ2v) is 8.65. The van der Waals surface area contributed by atoms with Crippen molar-refractivity contribution in [3.63, 3.8) is 0 Å². The van der Waals surface area contributed by atoms with Crippen molar-refractivity contribution in [2.24, 2.45) is 0 Å². The van der Waals surface area contributed by atoms with Crippen molar-refractivity contribution in [1.82, 2.24) is 19.4 Å². The molecule has 0 unspecified atom stereocenters. The lowest BCUT2D eigenvalue weighted by molar-refractivity contribution is -0.125. The molecular weight excluding hydrogens is 384 g/mol. The van der Waals surface area contributed by atoms with Crippen molar-refractivity contribution in [2.45, 2.75) is 18.2 Å². The third kappa shape index (κ3) is 4.62. The first kappa shape index (κ1) is 20.6. The number of nitrogens with one attached hydrogen (secondary N) is 1. The van der Waals surface area contributed by atoms with Crippen LogP contribution in [-0.2, 0) is 14.8 Å². The quantitative estimate of drug-likeness (QED) is 0.620. The fraction of sp³-hybridized carbons (Fsp3) is 0.556. The number of ether oxygens (including phenoxy) is 1. The monoisotopic (exact) mass is 410 g/mol. The summed E-state index contributed by atoms with van der Waals surface area (Å²) >= 11 is 0. The normalized spacial score (nSPS) is 19.1. The molecular formula is C18H26N4O5S. The molecule has 0 spiro atoms. The summed E-state index contributed by atoms with van der Waals surface area (Å²) in [6.45, 7) is 5.65. The molecule has 0 radical (unpaired) electrons. The van der Waals surface area contributed by atoms with Crippen LogP contribution in [0.15, 0.2) is 29.2 Å². The van der Waals surface area contributed by atoms with Gasteiger partial charge < -0.3 is 15.0 Å². The molecule has 2 fully saturated rings. The Morgan fingerprint density at radius 3 is 2.29 bits per heavy atom. The highest BCUT2D eigenvalue weighted by atomic mass is 32.2. The van der Waals surface area contributed by atoms with E-state index >= 15 is 0 Å². The molecule has 10 heteroatoms. The van der Waals surface area contributed by atoms with Crippen LogP contribution in [0, 0.1) is 0 Å². The lowest BCUT2D eigenvalue weighted by Crippen LogP contribution is -2.49. The fourth-order valence-electron chi connectivity index (χ4n) is 3.35. The predicted molar refractivity (Wildman–Crippen MR) is 103 cm³/mol. The van der Waals surface area contributed by atoms with Gasteiger partial charge in [-0.3, -0.25) is 9.69 Å². The number of imide groups is 1. The summed E-state index contributed by atoms with van der Waals surface area (Å²) < 4.78 is 32.5. The summed E-state index contributed by atoms with van der Waals surface area (Å²) in [5.41, 5.74) is 0. The van der Waals surface area contributed by atoms with Crippen LogP contribution in [0.25, 0.3) is 0 Å². The molecule has 2 aliphatic rings. The molecule has 1 aromatic rings. The number of sulfonamides is 1. The number of benzene rings is 1. The molecule has 0 bridgehead atoms. The maximum absolute atomic E-state index is 12.8. The van der Waals surface area contributed by atoms with Gasteiger partial charge in [0, 0.05) is 32.7 Å². The maximum atomic E-state index is 12.8. The van der Waals surface area contributed by atoms with Crippen LogP contribution < -0.4 is 10.1 Å². The number of urea groups is 1. The highest BCUT2D eigenvalue weighted by Gasteiger charge is 2.30. The van der Waals surface area contributed by atoms with E-state index in [1.54, 1.807) is 24.3 Å². The zero-order valence-corrected chi connectivity index (χ0v) is 16.8. The van der Waals surface area contributed by atoms with Crippen molar-refractivity contribution in [1.29, 1.82) is 0 Å². The van der Waals surface area contributed by atoms with E-state index in [-0.39, 0.29) is 23.4 Å². The summed E-state index contributed by atoms with van der Waals surface area (Å²) in [5.74, 6) is 0.452. The average molecular weight is 410 g/mol. The van der Waals surface area contributed by atoms with E-state index in [4.69, 9.17) is 4.74 Å². The third-order valence-corrected chi connectivity index (χ3v) is 6.81. The van der Waals surface area contributed by atoms with Crippen LogP contribution in [0.3, 0.4) is 0 Å². The SMILES string of the molecule is CCOc1ccc(S(=O)(=O)N2CCN(CCCN3C(=O)CNC3=O)CC2)cc1. The summed E-state index contributed by atoms with van der Waals surface area (Å²) in [7, 11) is -3.52. The molecule has 2 heterocycles. The molecule has 1 aromatic carbocycles. The number of hydrogen-bond donors (Lipinski definition) is 1. The first-order valence-corrected chi connectivity index (χ1v) is 10.9. The Morgan fingerprint density at radius 2 is 1.71 bits per heavy atom. The van der Waals surface area contributed by atoms with Crippen LogP contribution >= 0.6 is 0 Å². The zero-order valence-electron chi connectivity index (χ0n) is 16.0. The van der Waals surface area contributed by atoms with Crippen molar-refractivity contribution >= 4 is 22.0 Å². The highest BCUT2D eigenvalue weighted by Crippen LogP contribution is 2.21. The second kappa shape index (κ2) is 8.89. The summed E-state index contributed by atoms with van der Waals surface area (Å²) in [5, 5.41) is 2.50. The topological polar surface area (TPSA) is 99.3 Å². The largest absolute Gasteiger partial charge is 0.494 e. The Kier molecular flexibility index (Phi) is 6.53. The van der Waals surface area contributed by atoms with Crippen LogP contribution in [0.2, 0.25) is 0 Å². The minimum atomic E-state index is -3.52. The van der Waals surface area contributed by atoms with E-state index in [9.17, 15) is 18.0 Å². The van der Waals surface area contributed by atoms with Gasteiger partial charge in [-0.05, 0) is 44.2 Å². The summed E-state index contributed by atoms with van der Waals surface area (Å²) in [6, 6.07) is 6.15. The Labute approximate surface area is 165 Å². The second-order valence-electron chi connectivity index (χ2n) is 6.71. The molecule has 3 rings (SSSR count). The van der Waals surface area contributed by atoms with E-state index in [0.29, 0.717) is 58.0 Å². The first-order chi connectivity index (χ1) is 13.4. The van der Waals surface area contributed by atoms with Gasteiger partial charge in [0.05, 0.1) is 18.0 Å². The third-order valence-electron chi connectivity index (χ3n) is 4.90. The summed E-state index contributed by atoms with van der Waals surface area (Å²) in [6.07, 6.45) is 0.671. The fourth-order valence-corrected chi connectivity index (χ4v) is 4.77. The van der Waals surface area contributed by atoms with E-state index in [1.807, 2.05) is 6.92 Å². The number of carbonyl (C=O) groups excluding carboxylic acids is 2. The van der Waals surface area contributed by atoms with Gasteiger partial charge in [-0.25, -0.2) is 13.2 Å². The van der Waals surface area contributed by atoms with E-state index < -0.39 is 10.0 Å². The average Bonchev–Trinajstić information content (AvgIpc) is 3.01. The summed E-state index contributed by atoms with van der Waals surface area (Å²) in [4.78, 5) is 26.7. The van der Waals surface area contributed by atoms with Crippen LogP contribution in [0.4, 0.5) is 4.79 Å². The Morgan fingerprint density at radius 1 is 1.04 bits per heavy atom. The number of carbonyl (C=O) groups is 2. The van der Waals surface area contributed by atoms with Gasteiger partial charge in [0.1, 0.15) is 5.75 Å². The van der Waals surface area contributed by atoms with Crippen LogP contribution in [0.5, 0.6) is 5.75 Å². The van der Waals surface area contributed by atoms with Crippen molar-refractivity contribution in [3.05, 3.63) is 24.3 Å². The molecule has 154 valence electrons. The molecule has 2 saturated heterocycles. The number of nitrogens with zero attached hydrogens (tertiary/aromatic N) is 3. The van der Waals surface area contributed by atoms with Gasteiger partial charge >= 0.3 is 6.03 Å². The Bertz CT molecular complexity index is 788. The predicted octanol–water partition coefficient (Wildman–Crippen LogP) is 0.334. The molecule has 0 atom stereocenters. The lowest BCUT2D eigenvalue weighted by Gasteiger charge is -2.34. The molecule has 0 aliphatic carbocycles. The van der Waals surface area contributed by atoms with Crippen molar-refractivity contribution in [2.75, 3.05) is 52.4 Å². The van der Waals surface area contributed by atoms with Gasteiger partial charge in [0.15, 0.2) is 0 Å². The molecule has 2 aliphatic heterocycles. The number of rotatable bonds is 8. The minimum absolute atomic E-state index is 0.0704. The maximum Gasteiger partial charge on any atom is 0.324 e. The first-order valence-electron chi connectivity index (χ1n) is 9.45. The molecule has 9 nitrogen and oxygen atoms in total. The van der Waals surface area contributed by atoms with E-state index in [1.165, 1.54) is 9.21 Å². The van der Waals surface area contributed by atoms with Crippen LogP contribution in [-0.4, -0.2) is 86.9 Å². The molecule has 0 aromatic heterocycles. The number of hydrogen-bond acceptors (Lipinski definition) is 6. The minimum Gasteiger partial charge on any atom is -0.494 e. The van der Waals surface area contributed by atoms with Gasteiger partial charge in [-0.2, -0.15) is 4.31 Å². The Hall–Kier alpha value is -2.17. The van der Waals surface area contributed by atoms with Gasteiger partial charge in [-0.1, -0.05) is 0 Å². The molecule has 1 N–H and O–H groups in total. The van der Waals surface area contributed by atoms with E-state index in [2.05, 4.69) is 10.2 Å². The van der Waals surface area contributed by atoms with Gasteiger partial charge in [0.25, 0.3) is 0 Å². The zero-order chi connectivity index (χ0) is 20.1. The Balaban J connectivity index is 1.47. The number of amides is 3. The van der Waals surface area contributed by atoms with E-state index in [0.717, 1.165) is 0 Å². The van der Waals surface area contributed by atoms with Gasteiger partial charge in [-0.15, -0.1) is 0 Å². The van der Waals surface area contributed by atoms with Crippen LogP contribution in [0.1, 0.15) is 13.3 Å². The molecule has 28 heavy (non-hydrogen) atoms. The standard InChI is InChI=1S/C18H26N4O5S/c1-2-27-15-4-6-16(7-5-15)28(25,26)21-12-10-20(11-13-21)8-3-9-22-17(23)14-19-18(22)24/h4-7H,2-3,8-14H2,1H3,(H,19,24).